The lowest BCUT2D eigenvalue weighted by Gasteiger charge is -2.03. The van der Waals surface area contributed by atoms with E-state index < -0.39 is 0 Å². The first kappa shape index (κ1) is 11.5. The number of unbranched alkanes of at least 4 members (excludes halogenated alkanes) is 2. The molecular formula is C11H16N2O2. The minimum atomic E-state index is -0.335. The van der Waals surface area contributed by atoms with Gasteiger partial charge in [0.2, 0.25) is 0 Å². The number of hydrogen-bond donors (Lipinski definition) is 1. The lowest BCUT2D eigenvalue weighted by molar-refractivity contribution is 0.0497. The van der Waals surface area contributed by atoms with Crippen LogP contribution in [-0.4, -0.2) is 17.6 Å². The highest BCUT2D eigenvalue weighted by Crippen LogP contribution is 2.04. The maximum atomic E-state index is 11.4. The highest BCUT2D eigenvalue weighted by molar-refractivity contribution is 5.89. The standard InChI is InChI=1S/C11H16N2O2/c1-2-3-4-7-15-11(14)9-5-6-10(12)13-8-9/h5-6,8H,2-4,7H2,1H3,(H2,12,13). The zero-order valence-corrected chi connectivity index (χ0v) is 8.90. The van der Waals surface area contributed by atoms with Crippen LogP contribution in [0.15, 0.2) is 18.3 Å². The average molecular weight is 208 g/mol. The third-order valence-corrected chi connectivity index (χ3v) is 2.00. The van der Waals surface area contributed by atoms with Gasteiger partial charge in [-0.1, -0.05) is 19.8 Å². The number of rotatable bonds is 5. The molecule has 0 saturated heterocycles. The van der Waals surface area contributed by atoms with Crippen molar-refractivity contribution in [1.82, 2.24) is 4.98 Å². The van der Waals surface area contributed by atoms with Crippen molar-refractivity contribution < 1.29 is 9.53 Å². The first-order valence-corrected chi connectivity index (χ1v) is 5.12. The van der Waals surface area contributed by atoms with E-state index in [2.05, 4.69) is 11.9 Å². The van der Waals surface area contributed by atoms with Crippen molar-refractivity contribution in [1.29, 1.82) is 0 Å². The fourth-order valence-electron chi connectivity index (χ4n) is 1.13. The van der Waals surface area contributed by atoms with Gasteiger partial charge in [-0.2, -0.15) is 0 Å². The van der Waals surface area contributed by atoms with Crippen LogP contribution in [-0.2, 0) is 4.74 Å². The van der Waals surface area contributed by atoms with E-state index in [4.69, 9.17) is 10.5 Å². The zero-order valence-electron chi connectivity index (χ0n) is 8.90. The van der Waals surface area contributed by atoms with E-state index in [1.54, 1.807) is 12.1 Å². The van der Waals surface area contributed by atoms with E-state index in [9.17, 15) is 4.79 Å². The van der Waals surface area contributed by atoms with Gasteiger partial charge in [0.05, 0.1) is 12.2 Å². The maximum absolute atomic E-state index is 11.4. The van der Waals surface area contributed by atoms with Crippen LogP contribution in [0.5, 0.6) is 0 Å². The molecule has 4 heteroatoms. The number of pyridine rings is 1. The normalized spacial score (nSPS) is 9.93. The number of nitrogens with zero attached hydrogens (tertiary/aromatic N) is 1. The second-order valence-electron chi connectivity index (χ2n) is 3.31. The zero-order chi connectivity index (χ0) is 11.1. The minimum Gasteiger partial charge on any atom is -0.462 e. The molecule has 0 aliphatic heterocycles. The number of hydrogen-bond acceptors (Lipinski definition) is 4. The Bertz CT molecular complexity index is 309. The van der Waals surface area contributed by atoms with Crippen LogP contribution in [0.2, 0.25) is 0 Å². The monoisotopic (exact) mass is 208 g/mol. The van der Waals surface area contributed by atoms with E-state index in [0.29, 0.717) is 18.0 Å². The smallest absolute Gasteiger partial charge is 0.339 e. The van der Waals surface area contributed by atoms with Crippen LogP contribution in [0.25, 0.3) is 0 Å². The number of carbonyl (C=O) groups excluding carboxylic acids is 1. The first-order chi connectivity index (χ1) is 7.24. The van der Waals surface area contributed by atoms with Gasteiger partial charge in [-0.25, -0.2) is 9.78 Å². The van der Waals surface area contributed by atoms with Crippen LogP contribution in [0.4, 0.5) is 5.82 Å². The minimum absolute atomic E-state index is 0.335. The Morgan fingerprint density at radius 1 is 1.47 bits per heavy atom. The molecular weight excluding hydrogens is 192 g/mol. The molecule has 0 unspecified atom stereocenters. The molecule has 1 rings (SSSR count). The van der Waals surface area contributed by atoms with Crippen molar-refractivity contribution in [3.63, 3.8) is 0 Å². The number of carbonyl (C=O) groups is 1. The topological polar surface area (TPSA) is 65.2 Å². The lowest BCUT2D eigenvalue weighted by atomic mass is 10.2. The largest absolute Gasteiger partial charge is 0.462 e. The van der Waals surface area contributed by atoms with E-state index in [1.807, 2.05) is 0 Å². The van der Waals surface area contributed by atoms with Gasteiger partial charge >= 0.3 is 5.97 Å². The molecule has 0 fully saturated rings. The summed E-state index contributed by atoms with van der Waals surface area (Å²) in [5, 5.41) is 0. The summed E-state index contributed by atoms with van der Waals surface area (Å²) in [6.07, 6.45) is 4.52. The summed E-state index contributed by atoms with van der Waals surface area (Å²) >= 11 is 0. The van der Waals surface area contributed by atoms with Crippen molar-refractivity contribution in [2.75, 3.05) is 12.3 Å². The summed E-state index contributed by atoms with van der Waals surface area (Å²) in [5.41, 5.74) is 5.85. The van der Waals surface area contributed by atoms with Crippen molar-refractivity contribution in [3.05, 3.63) is 23.9 Å². The van der Waals surface area contributed by atoms with Gasteiger partial charge in [-0.3, -0.25) is 0 Å². The molecule has 1 aromatic rings. The second kappa shape index (κ2) is 6.01. The quantitative estimate of drug-likeness (QED) is 0.593. The van der Waals surface area contributed by atoms with Gasteiger partial charge < -0.3 is 10.5 Å². The molecule has 0 radical (unpaired) electrons. The van der Waals surface area contributed by atoms with Gasteiger partial charge in [-0.15, -0.1) is 0 Å². The van der Waals surface area contributed by atoms with Crippen LogP contribution >= 0.6 is 0 Å². The summed E-state index contributed by atoms with van der Waals surface area (Å²) in [6, 6.07) is 3.20. The highest BCUT2D eigenvalue weighted by atomic mass is 16.5. The summed E-state index contributed by atoms with van der Waals surface area (Å²) in [4.78, 5) is 15.2. The third-order valence-electron chi connectivity index (χ3n) is 2.00. The molecule has 0 atom stereocenters. The van der Waals surface area contributed by atoms with Crippen LogP contribution in [0.1, 0.15) is 36.5 Å². The first-order valence-electron chi connectivity index (χ1n) is 5.12. The molecule has 0 bridgehead atoms. The number of anilines is 1. The summed E-state index contributed by atoms with van der Waals surface area (Å²) < 4.78 is 5.05. The van der Waals surface area contributed by atoms with Gasteiger partial charge in [0.15, 0.2) is 0 Å². The van der Waals surface area contributed by atoms with E-state index >= 15 is 0 Å². The van der Waals surface area contributed by atoms with E-state index in [-0.39, 0.29) is 5.97 Å². The Kier molecular flexibility index (Phi) is 4.60. The molecule has 1 aromatic heterocycles. The fourth-order valence-corrected chi connectivity index (χ4v) is 1.13. The van der Waals surface area contributed by atoms with E-state index in [0.717, 1.165) is 19.3 Å². The lowest BCUT2D eigenvalue weighted by Crippen LogP contribution is -2.07. The number of aromatic nitrogens is 1. The number of nitrogen functional groups attached to an aromatic ring is 1. The summed E-state index contributed by atoms with van der Waals surface area (Å²) in [5.74, 6) is 0.0659. The Morgan fingerprint density at radius 2 is 2.27 bits per heavy atom. The van der Waals surface area contributed by atoms with Crippen LogP contribution in [0, 0.1) is 0 Å². The van der Waals surface area contributed by atoms with Gasteiger partial charge in [0, 0.05) is 6.20 Å². The Morgan fingerprint density at radius 3 is 2.87 bits per heavy atom. The van der Waals surface area contributed by atoms with Crippen molar-refractivity contribution in [3.8, 4) is 0 Å². The molecule has 2 N–H and O–H groups in total. The van der Waals surface area contributed by atoms with Gasteiger partial charge in [0.1, 0.15) is 5.82 Å². The Labute approximate surface area is 89.5 Å². The molecule has 0 aliphatic carbocycles. The SMILES string of the molecule is CCCCCOC(=O)c1ccc(N)nc1. The van der Waals surface area contributed by atoms with Crippen LogP contribution < -0.4 is 5.73 Å². The molecule has 0 aromatic carbocycles. The second-order valence-corrected chi connectivity index (χ2v) is 3.31. The molecule has 0 amide bonds. The third kappa shape index (κ3) is 3.97. The molecule has 82 valence electrons. The summed E-state index contributed by atoms with van der Waals surface area (Å²) in [6.45, 7) is 2.57. The predicted molar refractivity (Wildman–Crippen MR) is 58.5 cm³/mol. The number of nitrogens with two attached hydrogens (primary N) is 1. The molecule has 0 aliphatic rings. The summed E-state index contributed by atoms with van der Waals surface area (Å²) in [7, 11) is 0. The van der Waals surface area contributed by atoms with Crippen molar-refractivity contribution >= 4 is 11.8 Å². The average Bonchev–Trinajstić information content (AvgIpc) is 2.25. The number of ether oxygens (including phenoxy) is 1. The molecule has 0 saturated carbocycles. The van der Waals surface area contributed by atoms with Crippen molar-refractivity contribution in [2.45, 2.75) is 26.2 Å². The molecule has 0 spiro atoms. The molecule has 1 heterocycles. The van der Waals surface area contributed by atoms with Gasteiger partial charge in [0.25, 0.3) is 0 Å². The predicted octanol–water partition coefficient (Wildman–Crippen LogP) is 2.01. The highest BCUT2D eigenvalue weighted by Gasteiger charge is 2.06. The van der Waals surface area contributed by atoms with Crippen LogP contribution in [0.3, 0.4) is 0 Å². The number of esters is 1. The molecule has 4 nitrogen and oxygen atoms in total. The van der Waals surface area contributed by atoms with E-state index in [1.165, 1.54) is 6.20 Å². The van der Waals surface area contributed by atoms with Crippen molar-refractivity contribution in [2.24, 2.45) is 0 Å². The Hall–Kier alpha value is -1.58. The van der Waals surface area contributed by atoms with Gasteiger partial charge in [-0.05, 0) is 18.6 Å². The Balaban J connectivity index is 2.37. The fraction of sp³-hybridized carbons (Fsp3) is 0.455. The maximum Gasteiger partial charge on any atom is 0.339 e. The molecule has 15 heavy (non-hydrogen) atoms.